The Morgan fingerprint density at radius 3 is 2.31 bits per heavy atom. The van der Waals surface area contributed by atoms with Crippen molar-refractivity contribution in [1.29, 1.82) is 0 Å². The highest BCUT2D eigenvalue weighted by molar-refractivity contribution is 8.00. The van der Waals surface area contributed by atoms with Gasteiger partial charge < -0.3 is 24.0 Å². The molecule has 144 valence electrons. The van der Waals surface area contributed by atoms with E-state index in [1.54, 1.807) is 38.0 Å². The van der Waals surface area contributed by atoms with E-state index in [1.807, 2.05) is 17.0 Å². The van der Waals surface area contributed by atoms with E-state index in [-0.39, 0.29) is 11.3 Å². The van der Waals surface area contributed by atoms with Crippen LogP contribution in [0.2, 0.25) is 0 Å². The smallest absolute Gasteiger partial charge is 0.234 e. The Kier molecular flexibility index (Phi) is 6.53. The van der Waals surface area contributed by atoms with Gasteiger partial charge in [-0.05, 0) is 37.0 Å². The number of hydrogen-bond donors (Lipinski definition) is 1. The van der Waals surface area contributed by atoms with E-state index in [9.17, 15) is 4.79 Å². The van der Waals surface area contributed by atoms with Gasteiger partial charge in [0.2, 0.25) is 11.7 Å². The van der Waals surface area contributed by atoms with Gasteiger partial charge in [0.15, 0.2) is 11.5 Å². The molecule has 2 aliphatic heterocycles. The fourth-order valence-corrected chi connectivity index (χ4v) is 4.99. The Morgan fingerprint density at radius 1 is 1.08 bits per heavy atom. The molecule has 1 amide bonds. The first-order valence-corrected chi connectivity index (χ1v) is 10.3. The Balaban J connectivity index is 1.78. The summed E-state index contributed by atoms with van der Waals surface area (Å²) in [5.41, 5.74) is 1.02. The van der Waals surface area contributed by atoms with Gasteiger partial charge in [0.25, 0.3) is 0 Å². The molecule has 1 N–H and O–H groups in total. The summed E-state index contributed by atoms with van der Waals surface area (Å²) in [7, 11) is 4.83. The third-order valence-corrected chi connectivity index (χ3v) is 6.46. The number of amides is 1. The summed E-state index contributed by atoms with van der Waals surface area (Å²) in [4.78, 5) is 16.1. The molecule has 6 nitrogen and oxygen atoms in total. The summed E-state index contributed by atoms with van der Waals surface area (Å²) in [6, 6.07) is 3.91. The maximum atomic E-state index is 12.5. The van der Waals surface area contributed by atoms with Crippen LogP contribution < -0.4 is 19.1 Å². The van der Waals surface area contributed by atoms with Crippen LogP contribution in [0.5, 0.6) is 17.2 Å². The van der Waals surface area contributed by atoms with Crippen LogP contribution in [0.1, 0.15) is 30.2 Å². The maximum absolute atomic E-state index is 12.5. The second kappa shape index (κ2) is 8.86. The lowest BCUT2D eigenvalue weighted by molar-refractivity contribution is -0.904. The van der Waals surface area contributed by atoms with Crippen molar-refractivity contribution >= 4 is 17.7 Å². The second-order valence-electron chi connectivity index (χ2n) is 6.77. The highest BCUT2D eigenvalue weighted by Gasteiger charge is 2.34. The molecule has 3 rings (SSSR count). The highest BCUT2D eigenvalue weighted by atomic mass is 32.2. The monoisotopic (exact) mass is 381 g/mol. The van der Waals surface area contributed by atoms with Gasteiger partial charge in [0.1, 0.15) is 5.37 Å². The number of nitrogens with zero attached hydrogens (tertiary/aromatic N) is 1. The number of rotatable bonds is 7. The molecule has 2 heterocycles. The van der Waals surface area contributed by atoms with Crippen molar-refractivity contribution in [3.05, 3.63) is 17.7 Å². The number of piperidine rings is 1. The minimum absolute atomic E-state index is 0.000367. The predicted octanol–water partition coefficient (Wildman–Crippen LogP) is 1.36. The van der Waals surface area contributed by atoms with Gasteiger partial charge in [0, 0.05) is 0 Å². The zero-order valence-corrected chi connectivity index (χ0v) is 16.7. The molecule has 2 aliphatic rings. The summed E-state index contributed by atoms with van der Waals surface area (Å²) in [5.74, 6) is 2.57. The van der Waals surface area contributed by atoms with Crippen molar-refractivity contribution in [3.8, 4) is 17.2 Å². The Hall–Kier alpha value is -1.60. The molecule has 0 spiro atoms. The zero-order valence-electron chi connectivity index (χ0n) is 15.9. The van der Waals surface area contributed by atoms with E-state index in [0.717, 1.165) is 18.7 Å². The number of methoxy groups -OCH3 is 3. The molecule has 2 fully saturated rings. The maximum Gasteiger partial charge on any atom is 0.234 e. The quantitative estimate of drug-likeness (QED) is 0.773. The lowest BCUT2D eigenvalue weighted by Crippen LogP contribution is -3.13. The standard InChI is InChI=1S/C19H28N2O4S/c1-23-15-11-14(12-16(24-2)18(15)25-3)19-21(17(22)13-26-19)10-9-20-7-5-4-6-8-20/h11-12,19H,4-10,13H2,1-3H3/p+1/t19-/m0/s1. The van der Waals surface area contributed by atoms with Crippen LogP contribution in [0.25, 0.3) is 0 Å². The number of carbonyl (C=O) groups is 1. The summed E-state index contributed by atoms with van der Waals surface area (Å²) < 4.78 is 16.4. The molecule has 1 aromatic carbocycles. The third-order valence-electron chi connectivity index (χ3n) is 5.21. The highest BCUT2D eigenvalue weighted by Crippen LogP contribution is 2.45. The van der Waals surface area contributed by atoms with Gasteiger partial charge >= 0.3 is 0 Å². The van der Waals surface area contributed by atoms with Crippen LogP contribution in [-0.4, -0.2) is 64.1 Å². The number of thioether (sulfide) groups is 1. The van der Waals surface area contributed by atoms with E-state index in [2.05, 4.69) is 0 Å². The first kappa shape index (κ1) is 19.2. The largest absolute Gasteiger partial charge is 0.493 e. The van der Waals surface area contributed by atoms with E-state index < -0.39 is 0 Å². The van der Waals surface area contributed by atoms with Crippen molar-refractivity contribution in [3.63, 3.8) is 0 Å². The molecule has 1 atom stereocenters. The van der Waals surface area contributed by atoms with Crippen LogP contribution in [0, 0.1) is 0 Å². The number of carbonyl (C=O) groups excluding carboxylic acids is 1. The van der Waals surface area contributed by atoms with E-state index >= 15 is 0 Å². The number of nitrogens with one attached hydrogen (secondary N) is 1. The Morgan fingerprint density at radius 2 is 1.73 bits per heavy atom. The molecule has 7 heteroatoms. The van der Waals surface area contributed by atoms with Crippen LogP contribution in [0.3, 0.4) is 0 Å². The van der Waals surface area contributed by atoms with Crippen molar-refractivity contribution in [2.45, 2.75) is 24.6 Å². The van der Waals surface area contributed by atoms with E-state index in [4.69, 9.17) is 14.2 Å². The lowest BCUT2D eigenvalue weighted by Gasteiger charge is -2.29. The van der Waals surface area contributed by atoms with Crippen molar-refractivity contribution in [2.24, 2.45) is 0 Å². The Bertz CT molecular complexity index is 609. The molecule has 0 saturated carbocycles. The van der Waals surface area contributed by atoms with Gasteiger partial charge in [-0.2, -0.15) is 0 Å². The second-order valence-corrected chi connectivity index (χ2v) is 7.84. The fraction of sp³-hybridized carbons (Fsp3) is 0.632. The molecule has 2 saturated heterocycles. The number of quaternary nitrogens is 1. The summed E-state index contributed by atoms with van der Waals surface area (Å²) >= 11 is 1.67. The van der Waals surface area contributed by atoms with Crippen molar-refractivity contribution in [1.82, 2.24) is 4.90 Å². The van der Waals surface area contributed by atoms with Crippen LogP contribution in [0.4, 0.5) is 0 Å². The van der Waals surface area contributed by atoms with E-state index in [1.165, 1.54) is 32.4 Å². The Labute approximate surface area is 159 Å². The van der Waals surface area contributed by atoms with Gasteiger partial charge in [0.05, 0.1) is 53.3 Å². The number of ether oxygens (including phenoxy) is 3. The summed E-state index contributed by atoms with van der Waals surface area (Å²) in [5, 5.41) is 0.000367. The minimum Gasteiger partial charge on any atom is -0.493 e. The van der Waals surface area contributed by atoms with Crippen LogP contribution >= 0.6 is 11.8 Å². The average Bonchev–Trinajstić information content (AvgIpc) is 3.06. The van der Waals surface area contributed by atoms with Crippen LogP contribution in [-0.2, 0) is 4.79 Å². The molecule has 0 aliphatic carbocycles. The lowest BCUT2D eigenvalue weighted by atomic mass is 10.1. The molecular formula is C19H29N2O4S+. The summed E-state index contributed by atoms with van der Waals surface area (Å²) in [6.07, 6.45) is 3.94. The summed E-state index contributed by atoms with van der Waals surface area (Å²) in [6.45, 7) is 4.27. The van der Waals surface area contributed by atoms with Gasteiger partial charge in [-0.1, -0.05) is 0 Å². The molecule has 0 unspecified atom stereocenters. The molecule has 0 radical (unpaired) electrons. The predicted molar refractivity (Wildman–Crippen MR) is 102 cm³/mol. The molecule has 1 aromatic rings. The number of likely N-dealkylation sites (tertiary alicyclic amines) is 1. The topological polar surface area (TPSA) is 52.4 Å². The van der Waals surface area contributed by atoms with Crippen molar-refractivity contribution in [2.75, 3.05) is 53.3 Å². The van der Waals surface area contributed by atoms with Crippen LogP contribution in [0.15, 0.2) is 12.1 Å². The number of hydrogen-bond acceptors (Lipinski definition) is 5. The average molecular weight is 382 g/mol. The van der Waals surface area contributed by atoms with Gasteiger partial charge in [-0.25, -0.2) is 0 Å². The normalized spacial score (nSPS) is 21.1. The number of benzene rings is 1. The van der Waals surface area contributed by atoms with Crippen molar-refractivity contribution < 1.29 is 23.9 Å². The first-order valence-electron chi connectivity index (χ1n) is 9.22. The zero-order chi connectivity index (χ0) is 18.5. The molecule has 0 aromatic heterocycles. The SMILES string of the molecule is COc1cc([C@@H]2SCC(=O)N2CC[NH+]2CCCCC2)cc(OC)c1OC. The van der Waals surface area contributed by atoms with E-state index in [0.29, 0.717) is 23.0 Å². The third kappa shape index (κ3) is 4.04. The first-order chi connectivity index (χ1) is 12.7. The van der Waals surface area contributed by atoms with Gasteiger partial charge in [-0.15, -0.1) is 11.8 Å². The minimum atomic E-state index is 0.000367. The molecular weight excluding hydrogens is 352 g/mol. The van der Waals surface area contributed by atoms with Gasteiger partial charge in [-0.3, -0.25) is 4.79 Å². The molecule has 0 bridgehead atoms. The fourth-order valence-electron chi connectivity index (χ4n) is 3.80. The molecule has 26 heavy (non-hydrogen) atoms.